The Hall–Kier alpha value is -1.32. The molecule has 2 rings (SSSR count). The number of hydrogen-bond donors (Lipinski definition) is 2. The van der Waals surface area contributed by atoms with Gasteiger partial charge in [0.2, 0.25) is 0 Å². The van der Waals surface area contributed by atoms with E-state index in [1.54, 1.807) is 0 Å². The maximum atomic E-state index is 5.87. The molecule has 0 amide bonds. The number of hydrogen-bond acceptors (Lipinski definition) is 4. The molecule has 0 bridgehead atoms. The van der Waals surface area contributed by atoms with Crippen LogP contribution in [0.2, 0.25) is 0 Å². The molecule has 1 aliphatic carbocycles. The van der Waals surface area contributed by atoms with E-state index >= 15 is 0 Å². The van der Waals surface area contributed by atoms with E-state index in [9.17, 15) is 0 Å². The molecule has 1 aromatic rings. The third kappa shape index (κ3) is 2.10. The highest BCUT2D eigenvalue weighted by Crippen LogP contribution is 2.36. The summed E-state index contributed by atoms with van der Waals surface area (Å²) in [4.78, 5) is 8.74. The first-order valence-electron chi connectivity index (χ1n) is 6.05. The molecular weight excluding hydrogens is 200 g/mol. The van der Waals surface area contributed by atoms with Crippen molar-refractivity contribution in [2.75, 3.05) is 11.1 Å². The lowest BCUT2D eigenvalue weighted by atomic mass is 10.2. The summed E-state index contributed by atoms with van der Waals surface area (Å²) in [5.74, 6) is 3.15. The van der Waals surface area contributed by atoms with Crippen LogP contribution in [-0.2, 0) is 6.42 Å². The second-order valence-corrected chi connectivity index (χ2v) is 4.51. The Morgan fingerprint density at radius 2 is 2.12 bits per heavy atom. The minimum Gasteiger partial charge on any atom is -0.383 e. The maximum absolute atomic E-state index is 5.87. The molecule has 0 radical (unpaired) electrons. The van der Waals surface area contributed by atoms with Crippen molar-refractivity contribution in [2.45, 2.75) is 46.1 Å². The summed E-state index contributed by atoms with van der Waals surface area (Å²) < 4.78 is 0. The van der Waals surface area contributed by atoms with Crippen LogP contribution in [-0.4, -0.2) is 16.0 Å². The summed E-state index contributed by atoms with van der Waals surface area (Å²) in [6.07, 6.45) is 3.31. The van der Waals surface area contributed by atoms with Crippen molar-refractivity contribution < 1.29 is 0 Å². The summed E-state index contributed by atoms with van der Waals surface area (Å²) >= 11 is 0. The molecule has 2 unspecified atom stereocenters. The molecule has 0 aromatic carbocycles. The Balaban J connectivity index is 2.16. The number of nitrogen functional groups attached to an aromatic ring is 1. The van der Waals surface area contributed by atoms with Crippen LogP contribution in [0.5, 0.6) is 0 Å². The van der Waals surface area contributed by atoms with Gasteiger partial charge in [0.25, 0.3) is 0 Å². The zero-order chi connectivity index (χ0) is 11.7. The van der Waals surface area contributed by atoms with Gasteiger partial charge in [-0.3, -0.25) is 0 Å². The van der Waals surface area contributed by atoms with Crippen molar-refractivity contribution in [3.05, 3.63) is 11.4 Å². The van der Waals surface area contributed by atoms with E-state index in [4.69, 9.17) is 5.73 Å². The van der Waals surface area contributed by atoms with E-state index < -0.39 is 0 Å². The van der Waals surface area contributed by atoms with Gasteiger partial charge in [0, 0.05) is 18.0 Å². The van der Waals surface area contributed by atoms with Gasteiger partial charge < -0.3 is 11.1 Å². The first-order chi connectivity index (χ1) is 7.65. The number of aryl methyl sites for hydroxylation is 1. The highest BCUT2D eigenvalue weighted by atomic mass is 15.1. The number of rotatable bonds is 4. The number of nitrogens with one attached hydrogen (secondary N) is 1. The van der Waals surface area contributed by atoms with E-state index in [-0.39, 0.29) is 0 Å². The Kier molecular flexibility index (Phi) is 2.99. The molecule has 0 aliphatic heterocycles. The van der Waals surface area contributed by atoms with Gasteiger partial charge >= 0.3 is 0 Å². The summed E-state index contributed by atoms with van der Waals surface area (Å²) in [7, 11) is 0. The molecule has 16 heavy (non-hydrogen) atoms. The second-order valence-electron chi connectivity index (χ2n) is 4.51. The highest BCUT2D eigenvalue weighted by Gasteiger charge is 2.35. The smallest absolute Gasteiger partial charge is 0.134 e. The molecule has 4 nitrogen and oxygen atoms in total. The summed E-state index contributed by atoms with van der Waals surface area (Å²) in [6, 6.07) is 0.586. The number of nitrogens with two attached hydrogens (primary N) is 1. The van der Waals surface area contributed by atoms with E-state index in [2.05, 4.69) is 22.2 Å². The summed E-state index contributed by atoms with van der Waals surface area (Å²) in [5.41, 5.74) is 6.84. The average Bonchev–Trinajstić information content (AvgIpc) is 3.03. The molecule has 1 aromatic heterocycles. The number of nitrogens with zero attached hydrogens (tertiary/aromatic N) is 2. The third-order valence-corrected chi connectivity index (χ3v) is 3.32. The van der Waals surface area contributed by atoms with Gasteiger partial charge in [-0.25, -0.2) is 9.97 Å². The van der Waals surface area contributed by atoms with Crippen molar-refractivity contribution in [3.8, 4) is 0 Å². The first kappa shape index (κ1) is 11.2. The molecule has 1 aliphatic rings. The fraction of sp³-hybridized carbons (Fsp3) is 0.667. The summed E-state index contributed by atoms with van der Waals surface area (Å²) in [6.45, 7) is 6.24. The molecule has 0 saturated heterocycles. The number of anilines is 2. The van der Waals surface area contributed by atoms with Crippen LogP contribution in [0, 0.1) is 12.8 Å². The second kappa shape index (κ2) is 4.28. The third-order valence-electron chi connectivity index (χ3n) is 3.32. The van der Waals surface area contributed by atoms with Crippen LogP contribution in [0.15, 0.2) is 0 Å². The molecule has 1 heterocycles. The molecule has 88 valence electrons. The van der Waals surface area contributed by atoms with Crippen molar-refractivity contribution in [1.29, 1.82) is 0 Å². The molecule has 1 fully saturated rings. The molecule has 4 heteroatoms. The van der Waals surface area contributed by atoms with Gasteiger partial charge in [-0.1, -0.05) is 20.3 Å². The average molecular weight is 220 g/mol. The maximum Gasteiger partial charge on any atom is 0.134 e. The van der Waals surface area contributed by atoms with Crippen LogP contribution in [0.1, 0.15) is 38.1 Å². The Bertz CT molecular complexity index is 389. The molecule has 3 N–H and O–H groups in total. The Labute approximate surface area is 96.7 Å². The Morgan fingerprint density at radius 1 is 1.38 bits per heavy atom. The normalized spacial score (nSPS) is 23.2. The van der Waals surface area contributed by atoms with E-state index in [1.807, 2.05) is 13.8 Å². The van der Waals surface area contributed by atoms with Gasteiger partial charge in [-0.2, -0.15) is 0 Å². The molecule has 0 spiro atoms. The predicted molar refractivity (Wildman–Crippen MR) is 66.4 cm³/mol. The van der Waals surface area contributed by atoms with E-state index in [0.717, 1.165) is 29.5 Å². The molecule has 2 atom stereocenters. The van der Waals surface area contributed by atoms with Crippen molar-refractivity contribution in [3.63, 3.8) is 0 Å². The lowest BCUT2D eigenvalue weighted by molar-refractivity contribution is 0.771. The van der Waals surface area contributed by atoms with Crippen molar-refractivity contribution in [2.24, 2.45) is 5.92 Å². The fourth-order valence-electron chi connectivity index (χ4n) is 1.93. The van der Waals surface area contributed by atoms with Crippen LogP contribution in [0.4, 0.5) is 11.6 Å². The Morgan fingerprint density at radius 3 is 2.69 bits per heavy atom. The van der Waals surface area contributed by atoms with Crippen LogP contribution < -0.4 is 11.1 Å². The van der Waals surface area contributed by atoms with E-state index in [1.165, 1.54) is 12.8 Å². The topological polar surface area (TPSA) is 63.8 Å². The van der Waals surface area contributed by atoms with E-state index in [0.29, 0.717) is 11.9 Å². The zero-order valence-electron chi connectivity index (χ0n) is 10.2. The largest absolute Gasteiger partial charge is 0.383 e. The predicted octanol–water partition coefficient (Wildman–Crippen LogP) is 2.14. The molecule has 1 saturated carbocycles. The van der Waals surface area contributed by atoms with Gasteiger partial charge in [0.1, 0.15) is 17.5 Å². The van der Waals surface area contributed by atoms with Crippen LogP contribution in [0.25, 0.3) is 0 Å². The van der Waals surface area contributed by atoms with Gasteiger partial charge in [0.05, 0.1) is 0 Å². The minimum absolute atomic E-state index is 0.586. The SMILES string of the molecule is CCc1nc(N)c(C)c(NC2CC2CC)n1. The van der Waals surface area contributed by atoms with Gasteiger partial charge in [-0.05, 0) is 19.3 Å². The minimum atomic E-state index is 0.586. The van der Waals surface area contributed by atoms with Crippen LogP contribution >= 0.6 is 0 Å². The highest BCUT2D eigenvalue weighted by molar-refractivity contribution is 5.55. The number of aromatic nitrogens is 2. The van der Waals surface area contributed by atoms with Crippen LogP contribution in [0.3, 0.4) is 0 Å². The van der Waals surface area contributed by atoms with Crippen molar-refractivity contribution in [1.82, 2.24) is 9.97 Å². The quantitative estimate of drug-likeness (QED) is 0.816. The van der Waals surface area contributed by atoms with Gasteiger partial charge in [-0.15, -0.1) is 0 Å². The lowest BCUT2D eigenvalue weighted by Gasteiger charge is -2.11. The standard InChI is InChI=1S/C12H20N4/c1-4-8-6-9(8)14-12-7(3)11(13)15-10(5-2)16-12/h8-9H,4-6H2,1-3H3,(H3,13,14,15,16). The monoisotopic (exact) mass is 220 g/mol. The zero-order valence-corrected chi connectivity index (χ0v) is 10.2. The lowest BCUT2D eigenvalue weighted by Crippen LogP contribution is -2.12. The summed E-state index contributed by atoms with van der Waals surface area (Å²) in [5, 5.41) is 3.47. The van der Waals surface area contributed by atoms with Gasteiger partial charge in [0.15, 0.2) is 0 Å². The fourth-order valence-corrected chi connectivity index (χ4v) is 1.93. The molecular formula is C12H20N4. The van der Waals surface area contributed by atoms with Crippen molar-refractivity contribution >= 4 is 11.6 Å². The first-order valence-corrected chi connectivity index (χ1v) is 6.05.